The Morgan fingerprint density at radius 3 is 2.65 bits per heavy atom. The molecule has 2 aliphatic heterocycles. The maximum absolute atomic E-state index is 11.1. The predicted molar refractivity (Wildman–Crippen MR) is 82.3 cm³/mol. The fourth-order valence-electron chi connectivity index (χ4n) is 3.43. The second-order valence-corrected chi connectivity index (χ2v) is 8.13. The quantitative estimate of drug-likeness (QED) is 0.761. The van der Waals surface area contributed by atoms with E-state index in [4.69, 9.17) is 0 Å². The Bertz CT molecular complexity index is 380. The molecule has 2 heterocycles. The zero-order valence-corrected chi connectivity index (χ0v) is 13.4. The number of hydrogen-bond donors (Lipinski definition) is 2. The van der Waals surface area contributed by atoms with Crippen LogP contribution in [0.4, 0.5) is 0 Å². The molecule has 0 spiro atoms. The van der Waals surface area contributed by atoms with Gasteiger partial charge in [0.25, 0.3) is 0 Å². The SMILES string of the molecule is CS(=O)(=O)NCC[C@H]1CCCCN1CC1CCNCC1. The van der Waals surface area contributed by atoms with Gasteiger partial charge in [0.15, 0.2) is 0 Å². The van der Waals surface area contributed by atoms with Crippen LogP contribution in [0.3, 0.4) is 0 Å². The first kappa shape index (κ1) is 16.2. The van der Waals surface area contributed by atoms with Crippen LogP contribution in [0.2, 0.25) is 0 Å². The zero-order chi connectivity index (χ0) is 14.4. The summed E-state index contributed by atoms with van der Waals surface area (Å²) in [6, 6.07) is 0.563. The summed E-state index contributed by atoms with van der Waals surface area (Å²) in [7, 11) is -3.05. The van der Waals surface area contributed by atoms with E-state index in [9.17, 15) is 8.42 Å². The van der Waals surface area contributed by atoms with Crippen LogP contribution >= 0.6 is 0 Å². The summed E-state index contributed by atoms with van der Waals surface area (Å²) in [4.78, 5) is 2.61. The molecule has 0 aromatic carbocycles. The van der Waals surface area contributed by atoms with Crippen LogP contribution in [0.5, 0.6) is 0 Å². The first-order valence-corrected chi connectivity index (χ1v) is 9.83. The van der Waals surface area contributed by atoms with E-state index >= 15 is 0 Å². The largest absolute Gasteiger partial charge is 0.317 e. The minimum absolute atomic E-state index is 0.563. The minimum Gasteiger partial charge on any atom is -0.317 e. The van der Waals surface area contributed by atoms with Crippen LogP contribution in [0, 0.1) is 5.92 Å². The third kappa shape index (κ3) is 5.68. The number of rotatable bonds is 6. The summed E-state index contributed by atoms with van der Waals surface area (Å²) in [6.45, 7) is 5.27. The van der Waals surface area contributed by atoms with Crippen LogP contribution in [0.25, 0.3) is 0 Å². The Kier molecular flexibility index (Phi) is 6.26. The Labute approximate surface area is 123 Å². The topological polar surface area (TPSA) is 61.4 Å². The third-order valence-electron chi connectivity index (χ3n) is 4.54. The van der Waals surface area contributed by atoms with Crippen molar-refractivity contribution in [2.24, 2.45) is 5.92 Å². The molecule has 0 saturated carbocycles. The van der Waals surface area contributed by atoms with Gasteiger partial charge in [-0.25, -0.2) is 13.1 Å². The molecule has 2 saturated heterocycles. The summed E-state index contributed by atoms with van der Waals surface area (Å²) in [6.07, 6.45) is 8.54. The Balaban J connectivity index is 1.78. The lowest BCUT2D eigenvalue weighted by atomic mass is 9.93. The van der Waals surface area contributed by atoms with E-state index in [2.05, 4.69) is 14.9 Å². The minimum atomic E-state index is -3.05. The maximum Gasteiger partial charge on any atom is 0.208 e. The Hall–Kier alpha value is -0.170. The molecule has 2 rings (SSSR count). The van der Waals surface area contributed by atoms with E-state index < -0.39 is 10.0 Å². The molecule has 0 radical (unpaired) electrons. The van der Waals surface area contributed by atoms with Crippen molar-refractivity contribution in [1.29, 1.82) is 0 Å². The van der Waals surface area contributed by atoms with Crippen molar-refractivity contribution in [3.05, 3.63) is 0 Å². The van der Waals surface area contributed by atoms with Crippen molar-refractivity contribution in [3.63, 3.8) is 0 Å². The second kappa shape index (κ2) is 7.73. The molecular weight excluding hydrogens is 274 g/mol. The van der Waals surface area contributed by atoms with Crippen molar-refractivity contribution in [1.82, 2.24) is 14.9 Å². The number of nitrogens with one attached hydrogen (secondary N) is 2. The first-order chi connectivity index (χ1) is 9.54. The van der Waals surface area contributed by atoms with Crippen molar-refractivity contribution >= 4 is 10.0 Å². The zero-order valence-electron chi connectivity index (χ0n) is 12.6. The van der Waals surface area contributed by atoms with E-state index in [0.29, 0.717) is 12.6 Å². The van der Waals surface area contributed by atoms with Gasteiger partial charge in [-0.3, -0.25) is 0 Å². The molecule has 2 fully saturated rings. The third-order valence-corrected chi connectivity index (χ3v) is 5.27. The maximum atomic E-state index is 11.1. The fourth-order valence-corrected chi connectivity index (χ4v) is 3.92. The normalized spacial score (nSPS) is 26.8. The first-order valence-electron chi connectivity index (χ1n) is 7.94. The molecule has 6 heteroatoms. The number of nitrogens with zero attached hydrogens (tertiary/aromatic N) is 1. The standard InChI is InChI=1S/C14H29N3O2S/c1-20(18,19)16-10-7-14-4-2-3-11-17(14)12-13-5-8-15-9-6-13/h13-16H,2-12H2,1H3/t14-/m1/s1. The van der Waals surface area contributed by atoms with Gasteiger partial charge in [-0.1, -0.05) is 6.42 Å². The molecular formula is C14H29N3O2S. The van der Waals surface area contributed by atoms with Gasteiger partial charge in [-0.2, -0.15) is 0 Å². The molecule has 0 aromatic heterocycles. The lowest BCUT2D eigenvalue weighted by Gasteiger charge is -2.39. The molecule has 0 unspecified atom stereocenters. The van der Waals surface area contributed by atoms with E-state index in [0.717, 1.165) is 25.4 Å². The number of sulfonamides is 1. The molecule has 2 aliphatic rings. The summed E-state index contributed by atoms with van der Waals surface area (Å²) in [5, 5.41) is 3.42. The number of piperidine rings is 2. The summed E-state index contributed by atoms with van der Waals surface area (Å²) in [5.74, 6) is 0.819. The van der Waals surface area contributed by atoms with Crippen molar-refractivity contribution < 1.29 is 8.42 Å². The molecule has 118 valence electrons. The molecule has 1 atom stereocenters. The monoisotopic (exact) mass is 303 g/mol. The van der Waals surface area contributed by atoms with Crippen LogP contribution in [-0.2, 0) is 10.0 Å². The van der Waals surface area contributed by atoms with Crippen molar-refractivity contribution in [3.8, 4) is 0 Å². The van der Waals surface area contributed by atoms with Gasteiger partial charge in [-0.05, 0) is 57.7 Å². The van der Waals surface area contributed by atoms with E-state index in [1.54, 1.807) is 0 Å². The Morgan fingerprint density at radius 2 is 1.95 bits per heavy atom. The molecule has 0 amide bonds. The Morgan fingerprint density at radius 1 is 1.20 bits per heavy atom. The predicted octanol–water partition coefficient (Wildman–Crippen LogP) is 0.780. The second-order valence-electron chi connectivity index (χ2n) is 6.29. The van der Waals surface area contributed by atoms with Crippen LogP contribution in [0.1, 0.15) is 38.5 Å². The van der Waals surface area contributed by atoms with Gasteiger partial charge in [0, 0.05) is 19.1 Å². The average molecular weight is 303 g/mol. The van der Waals surface area contributed by atoms with Gasteiger partial charge in [0.2, 0.25) is 10.0 Å². The highest BCUT2D eigenvalue weighted by atomic mass is 32.2. The van der Waals surface area contributed by atoms with Gasteiger partial charge in [-0.15, -0.1) is 0 Å². The highest BCUT2D eigenvalue weighted by molar-refractivity contribution is 7.88. The molecule has 0 aliphatic carbocycles. The van der Waals surface area contributed by atoms with E-state index in [-0.39, 0.29) is 0 Å². The smallest absolute Gasteiger partial charge is 0.208 e. The van der Waals surface area contributed by atoms with Gasteiger partial charge in [0.1, 0.15) is 0 Å². The lowest BCUT2D eigenvalue weighted by Crippen LogP contribution is -2.45. The van der Waals surface area contributed by atoms with Gasteiger partial charge < -0.3 is 10.2 Å². The molecule has 20 heavy (non-hydrogen) atoms. The lowest BCUT2D eigenvalue weighted by molar-refractivity contribution is 0.110. The average Bonchev–Trinajstić information content (AvgIpc) is 2.40. The van der Waals surface area contributed by atoms with Crippen LogP contribution in [-0.4, -0.2) is 58.3 Å². The fraction of sp³-hybridized carbons (Fsp3) is 1.00. The number of hydrogen-bond acceptors (Lipinski definition) is 4. The molecule has 2 N–H and O–H groups in total. The van der Waals surface area contributed by atoms with Gasteiger partial charge >= 0.3 is 0 Å². The van der Waals surface area contributed by atoms with Crippen LogP contribution in [0.15, 0.2) is 0 Å². The molecule has 0 bridgehead atoms. The van der Waals surface area contributed by atoms with Crippen LogP contribution < -0.4 is 10.0 Å². The highest BCUT2D eigenvalue weighted by Gasteiger charge is 2.25. The van der Waals surface area contributed by atoms with E-state index in [1.165, 1.54) is 51.4 Å². The van der Waals surface area contributed by atoms with E-state index in [1.807, 2.05) is 0 Å². The summed E-state index contributed by atoms with van der Waals surface area (Å²) in [5.41, 5.74) is 0. The summed E-state index contributed by atoms with van der Waals surface area (Å²) >= 11 is 0. The number of likely N-dealkylation sites (tertiary alicyclic amines) is 1. The van der Waals surface area contributed by atoms with Crippen molar-refractivity contribution in [2.75, 3.05) is 39.0 Å². The summed E-state index contributed by atoms with van der Waals surface area (Å²) < 4.78 is 24.9. The molecule has 0 aromatic rings. The van der Waals surface area contributed by atoms with Crippen molar-refractivity contribution in [2.45, 2.75) is 44.6 Å². The highest BCUT2D eigenvalue weighted by Crippen LogP contribution is 2.23. The molecule has 5 nitrogen and oxygen atoms in total. The van der Waals surface area contributed by atoms with Gasteiger partial charge in [0.05, 0.1) is 6.26 Å².